The van der Waals surface area contributed by atoms with Crippen LogP contribution in [0.3, 0.4) is 0 Å². The smallest absolute Gasteiger partial charge is 0.129 e. The van der Waals surface area contributed by atoms with Gasteiger partial charge >= 0.3 is 0 Å². The molecule has 2 fully saturated rings. The van der Waals surface area contributed by atoms with E-state index in [0.29, 0.717) is 12.1 Å². The molecule has 3 rings (SSSR count). The number of ether oxygens (including phenoxy) is 1. The van der Waals surface area contributed by atoms with Crippen molar-refractivity contribution in [2.45, 2.75) is 43.8 Å². The minimum absolute atomic E-state index is 0.0521. The summed E-state index contributed by atoms with van der Waals surface area (Å²) in [5, 5.41) is 3.43. The first kappa shape index (κ1) is 12.1. The maximum absolute atomic E-state index is 13.8. The molecular weight excluding hydrogens is 229 g/mol. The van der Waals surface area contributed by atoms with Gasteiger partial charge < -0.3 is 10.1 Å². The molecule has 1 atom stereocenters. The van der Waals surface area contributed by atoms with E-state index < -0.39 is 0 Å². The molecule has 1 aliphatic heterocycles. The van der Waals surface area contributed by atoms with E-state index in [1.807, 2.05) is 12.1 Å². The van der Waals surface area contributed by atoms with Crippen LogP contribution in [-0.2, 0) is 4.74 Å². The number of rotatable bonds is 1. The van der Waals surface area contributed by atoms with E-state index in [1.54, 1.807) is 6.07 Å². The maximum atomic E-state index is 13.8. The number of nitrogens with one attached hydrogen (secondary N) is 1. The number of morpholine rings is 1. The summed E-state index contributed by atoms with van der Waals surface area (Å²) in [6.07, 6.45) is 5.82. The molecule has 18 heavy (non-hydrogen) atoms. The predicted molar refractivity (Wildman–Crippen MR) is 68.9 cm³/mol. The lowest BCUT2D eigenvalue weighted by atomic mass is 9.83. The fraction of sp³-hybridized carbons (Fsp3) is 0.600. The second-order valence-corrected chi connectivity index (χ2v) is 5.50. The zero-order valence-corrected chi connectivity index (χ0v) is 10.6. The van der Waals surface area contributed by atoms with Gasteiger partial charge in [-0.25, -0.2) is 4.39 Å². The van der Waals surface area contributed by atoms with E-state index in [-0.39, 0.29) is 17.5 Å². The molecule has 2 nitrogen and oxygen atoms in total. The highest BCUT2D eigenvalue weighted by Crippen LogP contribution is 2.38. The summed E-state index contributed by atoms with van der Waals surface area (Å²) in [4.78, 5) is 0. The van der Waals surface area contributed by atoms with Gasteiger partial charge in [-0.2, -0.15) is 0 Å². The lowest BCUT2D eigenvalue weighted by Crippen LogP contribution is -2.51. The first-order chi connectivity index (χ1) is 8.79. The van der Waals surface area contributed by atoms with E-state index in [1.165, 1.54) is 25.3 Å². The molecule has 1 aromatic carbocycles. The van der Waals surface area contributed by atoms with Gasteiger partial charge in [-0.05, 0) is 18.9 Å². The second kappa shape index (κ2) is 4.98. The van der Waals surface area contributed by atoms with Gasteiger partial charge in [-0.15, -0.1) is 0 Å². The summed E-state index contributed by atoms with van der Waals surface area (Å²) in [6.45, 7) is 1.63. The third-order valence-corrected chi connectivity index (χ3v) is 4.19. The van der Waals surface area contributed by atoms with Crippen molar-refractivity contribution in [3.63, 3.8) is 0 Å². The van der Waals surface area contributed by atoms with E-state index >= 15 is 0 Å². The molecule has 1 saturated heterocycles. The fourth-order valence-electron chi connectivity index (χ4n) is 3.22. The molecule has 0 bridgehead atoms. The summed E-state index contributed by atoms with van der Waals surface area (Å²) in [5.74, 6) is -0.155. The number of hydrogen-bond acceptors (Lipinski definition) is 2. The molecule has 1 heterocycles. The zero-order valence-electron chi connectivity index (χ0n) is 10.6. The highest BCUT2D eigenvalue weighted by atomic mass is 19.1. The largest absolute Gasteiger partial charge is 0.364 e. The van der Waals surface area contributed by atoms with Crippen molar-refractivity contribution >= 4 is 0 Å². The lowest BCUT2D eigenvalue weighted by Gasteiger charge is -2.44. The summed E-state index contributed by atoms with van der Waals surface area (Å²) in [6, 6.07) is 6.96. The molecule has 0 aromatic heterocycles. The molecule has 1 aliphatic carbocycles. The lowest BCUT2D eigenvalue weighted by molar-refractivity contribution is -0.136. The van der Waals surface area contributed by atoms with Crippen LogP contribution in [0.15, 0.2) is 24.3 Å². The summed E-state index contributed by atoms with van der Waals surface area (Å²) >= 11 is 0. The van der Waals surface area contributed by atoms with Gasteiger partial charge in [-0.1, -0.05) is 37.5 Å². The normalized spacial score (nSPS) is 27.3. The van der Waals surface area contributed by atoms with Crippen molar-refractivity contribution in [3.05, 3.63) is 35.6 Å². The summed E-state index contributed by atoms with van der Waals surface area (Å²) in [5.41, 5.74) is 0.637. The molecule has 1 N–H and O–H groups in total. The van der Waals surface area contributed by atoms with Crippen LogP contribution in [0.25, 0.3) is 0 Å². The van der Waals surface area contributed by atoms with Crippen molar-refractivity contribution in [2.75, 3.05) is 13.1 Å². The van der Waals surface area contributed by atoms with Crippen molar-refractivity contribution < 1.29 is 9.13 Å². The Hall–Kier alpha value is -0.930. The summed E-state index contributed by atoms with van der Waals surface area (Å²) < 4.78 is 20.1. The Morgan fingerprint density at radius 2 is 1.94 bits per heavy atom. The van der Waals surface area contributed by atoms with E-state index in [4.69, 9.17) is 4.74 Å². The van der Waals surface area contributed by atoms with E-state index in [2.05, 4.69) is 5.32 Å². The van der Waals surface area contributed by atoms with Crippen LogP contribution in [0.5, 0.6) is 0 Å². The fourth-order valence-corrected chi connectivity index (χ4v) is 3.22. The van der Waals surface area contributed by atoms with Crippen LogP contribution in [0.4, 0.5) is 4.39 Å². The van der Waals surface area contributed by atoms with Gasteiger partial charge in [0, 0.05) is 18.7 Å². The number of halogens is 1. The molecule has 1 aromatic rings. The maximum Gasteiger partial charge on any atom is 0.129 e. The molecule has 1 saturated carbocycles. The first-order valence-corrected chi connectivity index (χ1v) is 6.92. The van der Waals surface area contributed by atoms with E-state index in [0.717, 1.165) is 19.4 Å². The topological polar surface area (TPSA) is 21.3 Å². The van der Waals surface area contributed by atoms with Crippen molar-refractivity contribution in [1.82, 2.24) is 5.32 Å². The minimum atomic E-state index is -0.155. The van der Waals surface area contributed by atoms with Gasteiger partial charge in [-0.3, -0.25) is 0 Å². The van der Waals surface area contributed by atoms with Crippen LogP contribution in [0.2, 0.25) is 0 Å². The molecule has 98 valence electrons. The highest BCUT2D eigenvalue weighted by molar-refractivity contribution is 5.21. The van der Waals surface area contributed by atoms with Crippen molar-refractivity contribution in [1.29, 1.82) is 0 Å². The third-order valence-electron chi connectivity index (χ3n) is 4.19. The molecule has 3 heteroatoms. The van der Waals surface area contributed by atoms with Gasteiger partial charge in [0.15, 0.2) is 0 Å². The van der Waals surface area contributed by atoms with Gasteiger partial charge in [0.05, 0.1) is 11.7 Å². The zero-order chi connectivity index (χ0) is 12.4. The molecule has 1 unspecified atom stereocenters. The minimum Gasteiger partial charge on any atom is -0.364 e. The molecule has 0 radical (unpaired) electrons. The Morgan fingerprint density at radius 3 is 2.72 bits per heavy atom. The molecule has 0 amide bonds. The monoisotopic (exact) mass is 249 g/mol. The first-order valence-electron chi connectivity index (χ1n) is 6.92. The van der Waals surface area contributed by atoms with Crippen LogP contribution in [-0.4, -0.2) is 18.7 Å². The van der Waals surface area contributed by atoms with Crippen molar-refractivity contribution in [3.8, 4) is 0 Å². The summed E-state index contributed by atoms with van der Waals surface area (Å²) in [7, 11) is 0. The Kier molecular flexibility index (Phi) is 3.35. The Balaban J connectivity index is 1.80. The molecule has 2 aliphatic rings. The van der Waals surface area contributed by atoms with Gasteiger partial charge in [0.2, 0.25) is 0 Å². The van der Waals surface area contributed by atoms with Crippen molar-refractivity contribution in [2.24, 2.45) is 0 Å². The van der Waals surface area contributed by atoms with Crippen LogP contribution in [0.1, 0.15) is 43.8 Å². The average Bonchev–Trinajstić information content (AvgIpc) is 2.40. The predicted octanol–water partition coefficient (Wildman–Crippen LogP) is 3.19. The highest BCUT2D eigenvalue weighted by Gasteiger charge is 2.39. The Morgan fingerprint density at radius 1 is 1.17 bits per heavy atom. The van der Waals surface area contributed by atoms with E-state index in [9.17, 15) is 4.39 Å². The number of hydrogen-bond donors (Lipinski definition) is 1. The number of benzene rings is 1. The van der Waals surface area contributed by atoms with Crippen LogP contribution < -0.4 is 5.32 Å². The average molecular weight is 249 g/mol. The van der Waals surface area contributed by atoms with Gasteiger partial charge in [0.1, 0.15) is 5.82 Å². The molecule has 1 spiro atoms. The standard InChI is InChI=1S/C15H20FNO/c16-13-7-3-2-6-12(13)14-10-17-11-15(18-14)8-4-1-5-9-15/h2-3,6-7,14,17H,1,4-5,8-11H2. The second-order valence-electron chi connectivity index (χ2n) is 5.50. The van der Waals surface area contributed by atoms with Crippen LogP contribution in [0, 0.1) is 5.82 Å². The quantitative estimate of drug-likeness (QED) is 0.825. The third kappa shape index (κ3) is 2.29. The SMILES string of the molecule is Fc1ccccc1C1CNCC2(CCCCC2)O1. The Labute approximate surface area is 108 Å². The van der Waals surface area contributed by atoms with Crippen LogP contribution >= 0.6 is 0 Å². The van der Waals surface area contributed by atoms with Gasteiger partial charge in [0.25, 0.3) is 0 Å². The molecular formula is C15H20FNO. The Bertz CT molecular complexity index is 409.